The fraction of sp³-hybridized carbons (Fsp3) is 0.300. The number of nitrogens with one attached hydrogen (secondary N) is 1. The second kappa shape index (κ2) is 8.73. The molecule has 2 aromatic carbocycles. The van der Waals surface area contributed by atoms with Crippen LogP contribution in [0.4, 0.5) is 23.7 Å². The summed E-state index contributed by atoms with van der Waals surface area (Å²) >= 11 is 5.59. The van der Waals surface area contributed by atoms with Gasteiger partial charge in [0.25, 0.3) is 0 Å². The SMILES string of the molecule is O=C(Nc1ccc(Cl)c(C(F)(F)F)c1)[C@H]1CCCN1C(=O)OCc1ccccc1. The van der Waals surface area contributed by atoms with E-state index in [9.17, 15) is 22.8 Å². The van der Waals surface area contributed by atoms with Gasteiger partial charge >= 0.3 is 12.3 Å². The van der Waals surface area contributed by atoms with Crippen molar-refractivity contribution in [2.45, 2.75) is 31.7 Å². The number of hydrogen-bond acceptors (Lipinski definition) is 3. The van der Waals surface area contributed by atoms with Gasteiger partial charge in [-0.3, -0.25) is 9.69 Å². The van der Waals surface area contributed by atoms with Crippen molar-refractivity contribution in [3.8, 4) is 0 Å². The molecule has 1 saturated heterocycles. The van der Waals surface area contributed by atoms with E-state index < -0.39 is 34.8 Å². The normalized spacial score (nSPS) is 16.6. The molecule has 1 heterocycles. The second-order valence-electron chi connectivity index (χ2n) is 6.57. The molecule has 154 valence electrons. The number of halogens is 4. The van der Waals surface area contributed by atoms with Gasteiger partial charge in [0.15, 0.2) is 0 Å². The lowest BCUT2D eigenvalue weighted by atomic mass is 10.1. The Labute approximate surface area is 170 Å². The maximum Gasteiger partial charge on any atom is 0.417 e. The summed E-state index contributed by atoms with van der Waals surface area (Å²) in [6.07, 6.45) is -4.30. The second-order valence-corrected chi connectivity index (χ2v) is 6.98. The number of nitrogens with zero attached hydrogens (tertiary/aromatic N) is 1. The van der Waals surface area contributed by atoms with Crippen LogP contribution in [0.3, 0.4) is 0 Å². The summed E-state index contributed by atoms with van der Waals surface area (Å²) in [5.74, 6) is -0.574. The van der Waals surface area contributed by atoms with Crippen molar-refractivity contribution in [3.05, 3.63) is 64.7 Å². The van der Waals surface area contributed by atoms with Gasteiger partial charge in [0, 0.05) is 12.2 Å². The summed E-state index contributed by atoms with van der Waals surface area (Å²) in [5, 5.41) is 1.98. The Bertz CT molecular complexity index is 890. The third kappa shape index (κ3) is 5.20. The molecule has 1 aliphatic heterocycles. The number of benzene rings is 2. The minimum Gasteiger partial charge on any atom is -0.445 e. The smallest absolute Gasteiger partial charge is 0.417 e. The fourth-order valence-electron chi connectivity index (χ4n) is 3.11. The first-order chi connectivity index (χ1) is 13.8. The van der Waals surface area contributed by atoms with Crippen LogP contribution in [0.15, 0.2) is 48.5 Å². The highest BCUT2D eigenvalue weighted by Crippen LogP contribution is 2.36. The number of likely N-dealkylation sites (tertiary alicyclic amines) is 1. The molecule has 9 heteroatoms. The lowest BCUT2D eigenvalue weighted by Crippen LogP contribution is -2.43. The molecule has 0 aliphatic carbocycles. The molecule has 2 amide bonds. The van der Waals surface area contributed by atoms with Crippen LogP contribution < -0.4 is 5.32 Å². The third-order valence-electron chi connectivity index (χ3n) is 4.53. The predicted octanol–water partition coefficient (Wildman–Crippen LogP) is 5.10. The van der Waals surface area contributed by atoms with Crippen LogP contribution in [0.5, 0.6) is 0 Å². The number of amides is 2. The quantitative estimate of drug-likeness (QED) is 0.740. The van der Waals surface area contributed by atoms with E-state index in [1.54, 1.807) is 12.1 Å². The lowest BCUT2D eigenvalue weighted by molar-refractivity contribution is -0.137. The zero-order chi connectivity index (χ0) is 21.0. The van der Waals surface area contributed by atoms with Crippen LogP contribution >= 0.6 is 11.6 Å². The molecule has 0 unspecified atom stereocenters. The number of rotatable bonds is 4. The van der Waals surface area contributed by atoms with E-state index in [0.717, 1.165) is 17.7 Å². The number of ether oxygens (including phenoxy) is 1. The molecular weight excluding hydrogens is 409 g/mol. The minimum absolute atomic E-state index is 0.0452. The Morgan fingerprint density at radius 3 is 2.59 bits per heavy atom. The highest BCUT2D eigenvalue weighted by molar-refractivity contribution is 6.31. The number of carbonyl (C=O) groups excluding carboxylic acids is 2. The zero-order valence-corrected chi connectivity index (χ0v) is 16.0. The van der Waals surface area contributed by atoms with Gasteiger partial charge in [0.1, 0.15) is 12.6 Å². The largest absolute Gasteiger partial charge is 0.445 e. The molecule has 5 nitrogen and oxygen atoms in total. The topological polar surface area (TPSA) is 58.6 Å². The molecule has 0 bridgehead atoms. The van der Waals surface area contributed by atoms with Crippen molar-refractivity contribution in [1.29, 1.82) is 0 Å². The number of anilines is 1. The van der Waals surface area contributed by atoms with Gasteiger partial charge in [-0.1, -0.05) is 41.9 Å². The molecule has 1 N–H and O–H groups in total. The Morgan fingerprint density at radius 1 is 1.17 bits per heavy atom. The number of carbonyl (C=O) groups is 2. The molecule has 1 atom stereocenters. The summed E-state index contributed by atoms with van der Waals surface area (Å²) in [6.45, 7) is 0.400. The summed E-state index contributed by atoms with van der Waals surface area (Å²) in [4.78, 5) is 26.2. The molecular formula is C20H18ClF3N2O3. The number of alkyl halides is 3. The van der Waals surface area contributed by atoms with Gasteiger partial charge in [-0.05, 0) is 36.6 Å². The van der Waals surface area contributed by atoms with E-state index >= 15 is 0 Å². The van der Waals surface area contributed by atoms with Gasteiger partial charge in [-0.15, -0.1) is 0 Å². The third-order valence-corrected chi connectivity index (χ3v) is 4.86. The molecule has 29 heavy (non-hydrogen) atoms. The predicted molar refractivity (Wildman–Crippen MR) is 101 cm³/mol. The van der Waals surface area contributed by atoms with Gasteiger partial charge in [0.2, 0.25) is 5.91 Å². The van der Waals surface area contributed by atoms with Crippen LogP contribution in [0.25, 0.3) is 0 Å². The van der Waals surface area contributed by atoms with Crippen molar-refractivity contribution in [1.82, 2.24) is 4.90 Å². The average Bonchev–Trinajstić information content (AvgIpc) is 3.17. The molecule has 0 spiro atoms. The first kappa shape index (κ1) is 21.0. The summed E-state index contributed by atoms with van der Waals surface area (Å²) < 4.78 is 44.2. The molecule has 1 fully saturated rings. The van der Waals surface area contributed by atoms with Gasteiger partial charge < -0.3 is 10.1 Å². The molecule has 1 aliphatic rings. The fourth-order valence-corrected chi connectivity index (χ4v) is 3.33. The van der Waals surface area contributed by atoms with Crippen molar-refractivity contribution in [3.63, 3.8) is 0 Å². The van der Waals surface area contributed by atoms with Crippen LogP contribution in [-0.2, 0) is 22.3 Å². The Balaban J connectivity index is 1.65. The summed E-state index contributed by atoms with van der Waals surface area (Å²) in [5.41, 5.74) is -0.277. The van der Waals surface area contributed by atoms with Crippen molar-refractivity contribution in [2.75, 3.05) is 11.9 Å². The van der Waals surface area contributed by atoms with E-state index in [1.165, 1.54) is 11.0 Å². The Hall–Kier alpha value is -2.74. The van der Waals surface area contributed by atoms with Gasteiger partial charge in [-0.25, -0.2) is 4.79 Å². The first-order valence-corrected chi connectivity index (χ1v) is 9.28. The summed E-state index contributed by atoms with van der Waals surface area (Å²) in [6, 6.07) is 11.4. The maximum absolute atomic E-state index is 13.0. The standard InChI is InChI=1S/C20H18ClF3N2O3/c21-16-9-8-14(11-15(16)20(22,23)24)25-18(27)17-7-4-10-26(17)19(28)29-12-13-5-2-1-3-6-13/h1-3,5-6,8-9,11,17H,4,7,10,12H2,(H,25,27)/t17-/m1/s1. The van der Waals surface area contributed by atoms with Gasteiger partial charge in [-0.2, -0.15) is 13.2 Å². The average molecular weight is 427 g/mol. The Kier molecular flexibility index (Phi) is 6.32. The molecule has 0 saturated carbocycles. The van der Waals surface area contributed by atoms with E-state index in [2.05, 4.69) is 5.32 Å². The molecule has 2 aromatic rings. The van der Waals surface area contributed by atoms with E-state index in [4.69, 9.17) is 16.3 Å². The molecule has 0 radical (unpaired) electrons. The highest BCUT2D eigenvalue weighted by Gasteiger charge is 2.36. The molecule has 3 rings (SSSR count). The Morgan fingerprint density at radius 2 is 1.90 bits per heavy atom. The van der Waals surface area contributed by atoms with Crippen LogP contribution in [-0.4, -0.2) is 29.5 Å². The van der Waals surface area contributed by atoms with E-state index in [-0.39, 0.29) is 12.3 Å². The van der Waals surface area contributed by atoms with Crippen LogP contribution in [0.2, 0.25) is 5.02 Å². The van der Waals surface area contributed by atoms with E-state index in [0.29, 0.717) is 19.4 Å². The number of hydrogen-bond donors (Lipinski definition) is 1. The van der Waals surface area contributed by atoms with Crippen LogP contribution in [0.1, 0.15) is 24.0 Å². The monoisotopic (exact) mass is 426 g/mol. The molecule has 0 aromatic heterocycles. The van der Waals surface area contributed by atoms with Crippen molar-refractivity contribution >= 4 is 29.3 Å². The first-order valence-electron chi connectivity index (χ1n) is 8.90. The van der Waals surface area contributed by atoms with Crippen molar-refractivity contribution in [2.24, 2.45) is 0 Å². The zero-order valence-electron chi connectivity index (χ0n) is 15.2. The van der Waals surface area contributed by atoms with E-state index in [1.807, 2.05) is 18.2 Å². The van der Waals surface area contributed by atoms with Crippen molar-refractivity contribution < 1.29 is 27.5 Å². The van der Waals surface area contributed by atoms with Gasteiger partial charge in [0.05, 0.1) is 10.6 Å². The maximum atomic E-state index is 13.0. The highest BCUT2D eigenvalue weighted by atomic mass is 35.5. The lowest BCUT2D eigenvalue weighted by Gasteiger charge is -2.23. The minimum atomic E-state index is -4.64. The summed E-state index contributed by atoms with van der Waals surface area (Å²) in [7, 11) is 0. The van der Waals surface area contributed by atoms with Crippen LogP contribution in [0, 0.1) is 0 Å².